The van der Waals surface area contributed by atoms with Crippen LogP contribution in [0, 0.1) is 18.7 Å². The van der Waals surface area contributed by atoms with Crippen LogP contribution in [0.15, 0.2) is 24.5 Å². The molecule has 13 nitrogen and oxygen atoms in total. The number of fused-ring (bicyclic) bond motifs is 6. The summed E-state index contributed by atoms with van der Waals surface area (Å²) in [6.07, 6.45) is 4.51. The van der Waals surface area contributed by atoms with Gasteiger partial charge in [0.25, 0.3) is 0 Å². The number of halogens is 1. The van der Waals surface area contributed by atoms with Gasteiger partial charge in [0.2, 0.25) is 0 Å². The number of carbonyl (C=O) groups is 2. The smallest absolute Gasteiger partial charge is 0.414 e. The highest BCUT2D eigenvalue weighted by molar-refractivity contribution is 6.16. The summed E-state index contributed by atoms with van der Waals surface area (Å²) in [5.74, 6) is 1.10. The second-order valence-corrected chi connectivity index (χ2v) is 14.3. The minimum atomic E-state index is -0.743. The maximum Gasteiger partial charge on any atom is 0.414 e. The molecule has 7 rings (SSSR count). The number of H-pyrrole nitrogens is 1. The van der Waals surface area contributed by atoms with Gasteiger partial charge in [-0.15, -0.1) is 0 Å². The zero-order valence-corrected chi connectivity index (χ0v) is 28.0. The second-order valence-electron chi connectivity index (χ2n) is 14.3. The van der Waals surface area contributed by atoms with Gasteiger partial charge in [-0.1, -0.05) is 0 Å². The number of rotatable bonds is 5. The molecule has 2 saturated heterocycles. The summed E-state index contributed by atoms with van der Waals surface area (Å²) in [6.45, 7) is 13.2. The molecule has 250 valence electrons. The van der Waals surface area contributed by atoms with E-state index in [1.54, 1.807) is 40.1 Å². The number of benzene rings is 1. The van der Waals surface area contributed by atoms with Gasteiger partial charge in [0.05, 0.1) is 29.0 Å². The van der Waals surface area contributed by atoms with Crippen molar-refractivity contribution in [2.75, 3.05) is 23.4 Å². The third kappa shape index (κ3) is 6.86. The number of piperidine rings is 2. The zero-order chi connectivity index (χ0) is 33.8. The van der Waals surface area contributed by atoms with Gasteiger partial charge in [0.15, 0.2) is 5.75 Å². The Kier molecular flexibility index (Phi) is 8.09. The number of aryl methyl sites for hydroxylation is 1. The Balaban J connectivity index is 1.43. The molecule has 1 aromatic carbocycles. The Bertz CT molecular complexity index is 1830. The molecule has 4 aromatic rings. The van der Waals surface area contributed by atoms with Crippen molar-refractivity contribution >= 4 is 45.6 Å². The summed E-state index contributed by atoms with van der Waals surface area (Å²) in [7, 11) is 1.54. The minimum absolute atomic E-state index is 0.0241. The van der Waals surface area contributed by atoms with Crippen LogP contribution in [0.4, 0.5) is 25.5 Å². The van der Waals surface area contributed by atoms with E-state index in [0.29, 0.717) is 52.3 Å². The van der Waals surface area contributed by atoms with Crippen LogP contribution in [-0.4, -0.2) is 74.0 Å². The molecule has 2 aliphatic heterocycles. The van der Waals surface area contributed by atoms with Crippen molar-refractivity contribution in [2.45, 2.75) is 91.0 Å². The van der Waals surface area contributed by atoms with E-state index in [9.17, 15) is 9.59 Å². The van der Waals surface area contributed by atoms with Gasteiger partial charge in [0.1, 0.15) is 34.3 Å². The number of anilines is 2. The van der Waals surface area contributed by atoms with Crippen molar-refractivity contribution in [3.05, 3.63) is 36.2 Å². The van der Waals surface area contributed by atoms with E-state index < -0.39 is 29.2 Å². The number of hydrogen-bond acceptors (Lipinski definition) is 10. The Labute approximate surface area is 272 Å². The number of alkyl carbamates (subject to hydrolysis) is 1. The predicted octanol–water partition coefficient (Wildman–Crippen LogP) is 6.39. The van der Waals surface area contributed by atoms with E-state index in [1.165, 1.54) is 24.1 Å². The molecular formula is C33H41FN8O5. The molecule has 2 N–H and O–H groups in total. The van der Waals surface area contributed by atoms with Crippen molar-refractivity contribution in [2.24, 2.45) is 5.92 Å². The molecular weight excluding hydrogens is 607 g/mol. The monoisotopic (exact) mass is 648 g/mol. The fourth-order valence-corrected chi connectivity index (χ4v) is 6.30. The lowest BCUT2D eigenvalue weighted by molar-refractivity contribution is 0.0446. The number of carbonyl (C=O) groups excluding carboxylic acids is 2. The molecule has 3 unspecified atom stereocenters. The highest BCUT2D eigenvalue weighted by Crippen LogP contribution is 2.43. The topological polar surface area (TPSA) is 148 Å². The maximum absolute atomic E-state index is 15.3. The summed E-state index contributed by atoms with van der Waals surface area (Å²) >= 11 is 0. The summed E-state index contributed by atoms with van der Waals surface area (Å²) < 4.78 is 32.5. The molecule has 0 spiro atoms. The number of ether oxygens (including phenoxy) is 3. The Morgan fingerprint density at radius 1 is 1.04 bits per heavy atom. The van der Waals surface area contributed by atoms with Crippen LogP contribution in [-0.2, 0) is 9.47 Å². The first-order valence-corrected chi connectivity index (χ1v) is 15.8. The van der Waals surface area contributed by atoms with E-state index in [4.69, 9.17) is 19.2 Å². The molecule has 0 radical (unpaired) electrons. The van der Waals surface area contributed by atoms with Gasteiger partial charge in [-0.2, -0.15) is 9.97 Å². The number of nitrogens with one attached hydrogen (secondary N) is 2. The van der Waals surface area contributed by atoms with E-state index in [1.807, 2.05) is 20.8 Å². The molecule has 14 heteroatoms. The van der Waals surface area contributed by atoms with Crippen molar-refractivity contribution in [1.82, 2.24) is 30.2 Å². The van der Waals surface area contributed by atoms with Crippen LogP contribution in [0.1, 0.15) is 66.6 Å². The molecule has 3 atom stereocenters. The van der Waals surface area contributed by atoms with Gasteiger partial charge < -0.3 is 29.4 Å². The van der Waals surface area contributed by atoms with Gasteiger partial charge in [-0.3, -0.25) is 4.90 Å². The average Bonchev–Trinajstić information content (AvgIpc) is 3.33. The third-order valence-corrected chi connectivity index (χ3v) is 8.27. The molecule has 2 bridgehead atoms. The highest BCUT2D eigenvalue weighted by atomic mass is 19.1. The lowest BCUT2D eigenvalue weighted by Crippen LogP contribution is -2.59. The summed E-state index contributed by atoms with van der Waals surface area (Å²) in [6, 6.07) is 2.71. The minimum Gasteiger partial charge on any atom is -0.444 e. The second kappa shape index (κ2) is 11.8. The molecule has 3 aromatic heterocycles. The zero-order valence-electron chi connectivity index (χ0n) is 28.0. The van der Waals surface area contributed by atoms with E-state index in [-0.39, 0.29) is 29.7 Å². The van der Waals surface area contributed by atoms with Crippen molar-refractivity contribution in [3.63, 3.8) is 0 Å². The normalized spacial score (nSPS) is 19.6. The summed E-state index contributed by atoms with van der Waals surface area (Å²) in [5.41, 5.74) is -0.160. The number of aromatic amines is 1. The number of hydrogen-bond donors (Lipinski definition) is 2. The average molecular weight is 649 g/mol. The molecule has 2 amide bonds. The van der Waals surface area contributed by atoms with Crippen LogP contribution in [0.2, 0.25) is 0 Å². The van der Waals surface area contributed by atoms with Crippen molar-refractivity contribution in [1.29, 1.82) is 0 Å². The predicted molar refractivity (Wildman–Crippen MR) is 174 cm³/mol. The van der Waals surface area contributed by atoms with Gasteiger partial charge in [-0.05, 0) is 85.8 Å². The number of nitrogens with zero attached hydrogens (tertiary/aromatic N) is 6. The quantitative estimate of drug-likeness (QED) is 0.249. The molecule has 1 aliphatic carbocycles. The SMILES string of the molecule is Cc1ncc(Oc2nc(N3CC4CCC3CC4NC(=O)OC(C)(C)C)c3c(n2)[nH]c2c(N(C)C(=O)OC(C)(C)C)cc(F)cc23)cn1. The van der Waals surface area contributed by atoms with Crippen LogP contribution >= 0.6 is 0 Å². The molecule has 5 heterocycles. The fourth-order valence-electron chi connectivity index (χ4n) is 6.30. The molecule has 47 heavy (non-hydrogen) atoms. The largest absolute Gasteiger partial charge is 0.444 e. The van der Waals surface area contributed by atoms with Gasteiger partial charge in [-0.25, -0.2) is 23.9 Å². The lowest BCUT2D eigenvalue weighted by Gasteiger charge is -2.50. The Morgan fingerprint density at radius 3 is 2.38 bits per heavy atom. The van der Waals surface area contributed by atoms with Crippen LogP contribution in [0.5, 0.6) is 11.8 Å². The fraction of sp³-hybridized carbons (Fsp3) is 0.515. The summed E-state index contributed by atoms with van der Waals surface area (Å²) in [4.78, 5) is 50.5. The van der Waals surface area contributed by atoms with Crippen molar-refractivity contribution in [3.8, 4) is 11.8 Å². The first-order valence-electron chi connectivity index (χ1n) is 15.8. The number of aromatic nitrogens is 5. The number of amides is 2. The molecule has 1 saturated carbocycles. The molecule has 3 aliphatic rings. The van der Waals surface area contributed by atoms with E-state index >= 15 is 4.39 Å². The Hall–Kier alpha value is -4.75. The van der Waals surface area contributed by atoms with Crippen LogP contribution in [0.3, 0.4) is 0 Å². The van der Waals surface area contributed by atoms with E-state index in [2.05, 4.69) is 30.2 Å². The first kappa shape index (κ1) is 32.2. The Morgan fingerprint density at radius 2 is 1.74 bits per heavy atom. The first-order chi connectivity index (χ1) is 22.0. The standard InChI is InChI=1S/C33H41FN8O5/c1-17-35-14-21(15-36-17)45-29-39-27-25(22-11-19(34)12-24(26(22)38-27)41(8)31(44)47-33(5,6)7)28(40-29)42-16-18-9-10-20(42)13-23(18)37-30(43)46-32(2,3)4/h11-12,14-15,18,20,23H,9-10,13,16H2,1-8H3,(H,37,43)(H,38,39,40). The van der Waals surface area contributed by atoms with Crippen molar-refractivity contribution < 1.29 is 28.2 Å². The third-order valence-electron chi connectivity index (χ3n) is 8.27. The van der Waals surface area contributed by atoms with Crippen LogP contribution < -0.4 is 19.9 Å². The molecule has 3 fully saturated rings. The maximum atomic E-state index is 15.3. The summed E-state index contributed by atoms with van der Waals surface area (Å²) in [5, 5.41) is 4.18. The van der Waals surface area contributed by atoms with Gasteiger partial charge >= 0.3 is 18.2 Å². The van der Waals surface area contributed by atoms with E-state index in [0.717, 1.165) is 12.8 Å². The van der Waals surface area contributed by atoms with Gasteiger partial charge in [0, 0.05) is 31.1 Å². The highest BCUT2D eigenvalue weighted by Gasteiger charge is 2.43. The lowest BCUT2D eigenvalue weighted by atomic mass is 9.76. The van der Waals surface area contributed by atoms with Crippen LogP contribution in [0.25, 0.3) is 21.9 Å².